The predicted molar refractivity (Wildman–Crippen MR) is 198 cm³/mol. The van der Waals surface area contributed by atoms with Crippen LogP contribution in [-0.2, 0) is 46.4 Å². The molecule has 54 heavy (non-hydrogen) atoms. The number of nitrogens with one attached hydrogen (secondary N) is 1. The first kappa shape index (κ1) is 39.3. The number of nitrogens with zero attached hydrogens (tertiary/aromatic N) is 2. The van der Waals surface area contributed by atoms with Crippen LogP contribution in [0.1, 0.15) is 78.3 Å². The van der Waals surface area contributed by atoms with Crippen LogP contribution in [0.3, 0.4) is 0 Å². The maximum absolute atomic E-state index is 13.7. The number of amides is 2. The molecule has 2 aromatic rings. The zero-order valence-electron chi connectivity index (χ0n) is 31.3. The number of ketones is 2. The van der Waals surface area contributed by atoms with Crippen LogP contribution in [0, 0.1) is 11.8 Å². The maximum atomic E-state index is 13.7. The van der Waals surface area contributed by atoms with E-state index in [0.717, 1.165) is 22.3 Å². The fraction of sp³-hybridized carbons (Fsp3) is 0.538. The number of esters is 2. The van der Waals surface area contributed by atoms with Gasteiger partial charge < -0.3 is 33.9 Å². The minimum Gasteiger partial charge on any atom is -0.488 e. The Kier molecular flexibility index (Phi) is 12.0. The molecule has 3 aliphatic heterocycles. The SMILES string of the molecule is COC[C@H]1C[C@@H](C(=O)OCC(=O)c2ccc3c(c2)COc2cc4c(cc2-3)CCC(OC(=O)[C@@H]2CC[C@H](C)N2C(=O)C(NC(=O)OC)C(C)C)C4=O)N(P)C1. The van der Waals surface area contributed by atoms with Crippen LogP contribution in [0.5, 0.6) is 5.75 Å². The quantitative estimate of drug-likeness (QED) is 0.152. The molecule has 2 aromatic carbocycles. The van der Waals surface area contributed by atoms with E-state index in [9.17, 15) is 28.8 Å². The normalized spacial score (nSPS) is 23.8. The van der Waals surface area contributed by atoms with Gasteiger partial charge in [0.15, 0.2) is 18.5 Å². The number of alkyl carbamates (subject to hydrolysis) is 1. The smallest absolute Gasteiger partial charge is 0.407 e. The number of fused-ring (bicyclic) bond motifs is 4. The van der Waals surface area contributed by atoms with E-state index in [1.807, 2.05) is 23.7 Å². The zero-order valence-corrected chi connectivity index (χ0v) is 32.4. The number of methoxy groups -OCH3 is 2. The van der Waals surface area contributed by atoms with Crippen LogP contribution >= 0.6 is 9.39 Å². The highest BCUT2D eigenvalue weighted by molar-refractivity contribution is 7.13. The summed E-state index contributed by atoms with van der Waals surface area (Å²) in [7, 11) is 5.39. The molecule has 0 aromatic heterocycles. The van der Waals surface area contributed by atoms with Gasteiger partial charge in [-0.25, -0.2) is 9.59 Å². The van der Waals surface area contributed by atoms with Gasteiger partial charge in [-0.1, -0.05) is 35.4 Å². The number of likely N-dealkylation sites (tertiary alicyclic amines) is 1. The van der Waals surface area contributed by atoms with Gasteiger partial charge in [-0.15, -0.1) is 0 Å². The molecular weight excluding hydrogens is 717 g/mol. The van der Waals surface area contributed by atoms with E-state index in [0.29, 0.717) is 55.7 Å². The number of carbonyl (C=O) groups is 6. The van der Waals surface area contributed by atoms with Crippen molar-refractivity contribution >= 4 is 44.9 Å². The van der Waals surface area contributed by atoms with E-state index in [1.54, 1.807) is 39.2 Å². The fourth-order valence-electron chi connectivity index (χ4n) is 7.92. The first-order valence-corrected chi connectivity index (χ1v) is 18.9. The highest BCUT2D eigenvalue weighted by atomic mass is 31.0. The molecule has 0 saturated carbocycles. The molecule has 15 heteroatoms. The lowest BCUT2D eigenvalue weighted by Gasteiger charge is -2.33. The molecule has 1 N–H and O–H groups in total. The maximum Gasteiger partial charge on any atom is 0.407 e. The van der Waals surface area contributed by atoms with Crippen molar-refractivity contribution in [2.45, 2.75) is 89.8 Å². The van der Waals surface area contributed by atoms with Crippen molar-refractivity contribution in [1.82, 2.24) is 14.9 Å². The Labute approximate surface area is 316 Å². The van der Waals surface area contributed by atoms with Crippen LogP contribution in [-0.4, -0.2) is 109 Å². The summed E-state index contributed by atoms with van der Waals surface area (Å²) in [5.74, 6) is -1.73. The molecule has 7 atom stereocenters. The molecule has 4 aliphatic rings. The van der Waals surface area contributed by atoms with E-state index >= 15 is 0 Å². The van der Waals surface area contributed by atoms with E-state index in [2.05, 4.69) is 14.7 Å². The highest BCUT2D eigenvalue weighted by Crippen LogP contribution is 2.42. The van der Waals surface area contributed by atoms with Gasteiger partial charge in [0.2, 0.25) is 11.7 Å². The summed E-state index contributed by atoms with van der Waals surface area (Å²) in [6.45, 7) is 6.44. The van der Waals surface area contributed by atoms with Crippen molar-refractivity contribution in [3.8, 4) is 16.9 Å². The van der Waals surface area contributed by atoms with Crippen molar-refractivity contribution in [2.24, 2.45) is 11.8 Å². The Hall–Kier alpha value is -4.39. The van der Waals surface area contributed by atoms with Crippen molar-refractivity contribution < 1.29 is 52.5 Å². The largest absolute Gasteiger partial charge is 0.488 e. The lowest BCUT2D eigenvalue weighted by atomic mass is 9.84. The third-order valence-electron chi connectivity index (χ3n) is 10.8. The molecule has 290 valence electrons. The number of rotatable bonds is 11. The average Bonchev–Trinajstić information content (AvgIpc) is 3.73. The summed E-state index contributed by atoms with van der Waals surface area (Å²) in [6, 6.07) is 6.36. The van der Waals surface area contributed by atoms with Gasteiger partial charge in [0, 0.05) is 36.4 Å². The fourth-order valence-corrected chi connectivity index (χ4v) is 8.46. The van der Waals surface area contributed by atoms with Crippen LogP contribution in [0.2, 0.25) is 0 Å². The lowest BCUT2D eigenvalue weighted by Crippen LogP contribution is -2.56. The van der Waals surface area contributed by atoms with Crippen LogP contribution in [0.25, 0.3) is 11.1 Å². The number of hydrogen-bond acceptors (Lipinski definition) is 12. The summed E-state index contributed by atoms with van der Waals surface area (Å²) in [4.78, 5) is 80.2. The minimum atomic E-state index is -1.02. The lowest BCUT2D eigenvalue weighted by molar-refractivity contribution is -0.158. The average molecular weight is 766 g/mol. The first-order chi connectivity index (χ1) is 25.8. The Bertz CT molecular complexity index is 1830. The molecule has 0 bridgehead atoms. The van der Waals surface area contributed by atoms with Crippen LogP contribution < -0.4 is 10.1 Å². The second-order valence-electron chi connectivity index (χ2n) is 14.8. The zero-order chi connectivity index (χ0) is 38.8. The molecule has 0 radical (unpaired) electrons. The second kappa shape index (κ2) is 16.5. The van der Waals surface area contributed by atoms with Gasteiger partial charge in [0.05, 0.1) is 13.7 Å². The monoisotopic (exact) mass is 765 g/mol. The second-order valence-corrected chi connectivity index (χ2v) is 15.5. The van der Waals surface area contributed by atoms with Crippen molar-refractivity contribution in [3.63, 3.8) is 0 Å². The van der Waals surface area contributed by atoms with Gasteiger partial charge in [0.25, 0.3) is 0 Å². The highest BCUT2D eigenvalue weighted by Gasteiger charge is 2.45. The van der Waals surface area contributed by atoms with Crippen molar-refractivity contribution in [1.29, 1.82) is 0 Å². The minimum absolute atomic E-state index is 0.158. The van der Waals surface area contributed by atoms with Gasteiger partial charge in [-0.2, -0.15) is 0 Å². The van der Waals surface area contributed by atoms with E-state index < -0.39 is 48.2 Å². The Morgan fingerprint density at radius 1 is 0.963 bits per heavy atom. The third kappa shape index (κ3) is 8.01. The Morgan fingerprint density at radius 3 is 2.46 bits per heavy atom. The van der Waals surface area contributed by atoms with E-state index in [4.69, 9.17) is 23.7 Å². The number of carbonyl (C=O) groups excluding carboxylic acids is 6. The third-order valence-corrected chi connectivity index (χ3v) is 11.4. The van der Waals surface area contributed by atoms with Crippen LogP contribution in [0.15, 0.2) is 30.3 Å². The summed E-state index contributed by atoms with van der Waals surface area (Å²) in [6.07, 6.45) is 0.506. The summed E-state index contributed by atoms with van der Waals surface area (Å²) in [5, 5.41) is 2.58. The van der Waals surface area contributed by atoms with Crippen molar-refractivity contribution in [2.75, 3.05) is 34.0 Å². The Morgan fingerprint density at radius 2 is 1.74 bits per heavy atom. The molecule has 2 saturated heterocycles. The Balaban J connectivity index is 1.10. The molecule has 3 unspecified atom stereocenters. The number of hydrogen-bond donors (Lipinski definition) is 1. The molecule has 2 fully saturated rings. The summed E-state index contributed by atoms with van der Waals surface area (Å²) < 4.78 is 29.1. The number of aryl methyl sites for hydroxylation is 1. The first-order valence-electron chi connectivity index (χ1n) is 18.4. The van der Waals surface area contributed by atoms with Gasteiger partial charge in [-0.3, -0.25) is 23.8 Å². The van der Waals surface area contributed by atoms with Crippen molar-refractivity contribution in [3.05, 3.63) is 52.6 Å². The topological polar surface area (TPSA) is 167 Å². The molecule has 3 heterocycles. The van der Waals surface area contributed by atoms with Gasteiger partial charge in [-0.05, 0) is 85.8 Å². The van der Waals surface area contributed by atoms with E-state index in [-0.39, 0.29) is 49.1 Å². The predicted octanol–water partition coefficient (Wildman–Crippen LogP) is 3.90. The molecular formula is C39H48N3O11P. The van der Waals surface area contributed by atoms with Gasteiger partial charge >= 0.3 is 18.0 Å². The molecule has 2 amide bonds. The molecule has 14 nitrogen and oxygen atoms in total. The molecule has 6 rings (SSSR count). The molecule has 0 spiro atoms. The summed E-state index contributed by atoms with van der Waals surface area (Å²) >= 11 is 0. The number of Topliss-reactive ketones (excluding diaryl/α,β-unsaturated/α-hetero) is 2. The number of ether oxygens (including phenoxy) is 5. The molecule has 1 aliphatic carbocycles. The standard InChI is InChI=1S/C39H48N3O11P/c1-20(2)34(40-39(48)50-5)36(45)42-21(3)6-10-29(42)38(47)53-32-11-8-23-14-28-26-9-7-24(13-25(26)18-51-33(28)15-27(23)35(32)44)31(43)19-52-37(46)30-12-22(17-49-4)16-41(30)54/h7,9,13-15,20-22,29-30,32,34H,6,8,10-12,16-19,54H2,1-5H3,(H,40,48)/t21-,22-,29-,30-,32?,34?/m0/s1. The summed E-state index contributed by atoms with van der Waals surface area (Å²) in [5.41, 5.74) is 4.03. The number of benzene rings is 2. The van der Waals surface area contributed by atoms with E-state index in [1.165, 1.54) is 12.0 Å². The van der Waals surface area contributed by atoms with Crippen LogP contribution in [0.4, 0.5) is 4.79 Å². The van der Waals surface area contributed by atoms with Gasteiger partial charge in [0.1, 0.15) is 30.5 Å².